The zero-order valence-corrected chi connectivity index (χ0v) is 7.36. The van der Waals surface area contributed by atoms with E-state index < -0.39 is 0 Å². The Kier molecular flexibility index (Phi) is 3.99. The summed E-state index contributed by atoms with van der Waals surface area (Å²) in [6.45, 7) is 0.664. The molecular weight excluding hydrogens is 166 g/mol. The van der Waals surface area contributed by atoms with E-state index in [1.807, 2.05) is 24.3 Å². The Bertz CT molecular complexity index is 273. The molecule has 0 aliphatic carbocycles. The summed E-state index contributed by atoms with van der Waals surface area (Å²) in [5, 5.41) is 11.6. The first-order valence-electron chi connectivity index (χ1n) is 4.23. The number of amides is 1. The second-order valence-corrected chi connectivity index (χ2v) is 2.75. The monoisotopic (exact) mass is 179 g/mol. The molecule has 0 spiro atoms. The van der Waals surface area contributed by atoms with Crippen LogP contribution in [0.15, 0.2) is 24.3 Å². The highest BCUT2D eigenvalue weighted by Gasteiger charge is 1.98. The van der Waals surface area contributed by atoms with Gasteiger partial charge in [0.15, 0.2) is 0 Å². The molecule has 0 unspecified atom stereocenters. The largest absolute Gasteiger partial charge is 0.392 e. The van der Waals surface area contributed by atoms with Crippen molar-refractivity contribution in [3.05, 3.63) is 35.4 Å². The van der Waals surface area contributed by atoms with Crippen molar-refractivity contribution in [3.8, 4) is 0 Å². The first kappa shape index (κ1) is 9.74. The van der Waals surface area contributed by atoms with Gasteiger partial charge in [0, 0.05) is 6.54 Å². The van der Waals surface area contributed by atoms with Gasteiger partial charge in [-0.15, -0.1) is 0 Å². The van der Waals surface area contributed by atoms with E-state index >= 15 is 0 Å². The first-order valence-corrected chi connectivity index (χ1v) is 4.23. The molecule has 2 N–H and O–H groups in total. The van der Waals surface area contributed by atoms with E-state index in [9.17, 15) is 4.79 Å². The third kappa shape index (κ3) is 2.87. The predicted molar refractivity (Wildman–Crippen MR) is 50.1 cm³/mol. The summed E-state index contributed by atoms with van der Waals surface area (Å²) in [4.78, 5) is 9.99. The summed E-state index contributed by atoms with van der Waals surface area (Å²) in [6, 6.07) is 7.66. The Balaban J connectivity index is 2.58. The predicted octanol–water partition coefficient (Wildman–Crippen LogP) is 0.467. The summed E-state index contributed by atoms with van der Waals surface area (Å²) in [5.41, 5.74) is 2.01. The molecule has 0 atom stereocenters. The van der Waals surface area contributed by atoms with E-state index in [-0.39, 0.29) is 6.61 Å². The van der Waals surface area contributed by atoms with Crippen LogP contribution in [-0.2, 0) is 17.8 Å². The first-order chi connectivity index (χ1) is 6.38. The highest BCUT2D eigenvalue weighted by molar-refractivity contribution is 5.45. The van der Waals surface area contributed by atoms with Gasteiger partial charge in [-0.3, -0.25) is 4.79 Å². The number of carbonyl (C=O) groups is 1. The van der Waals surface area contributed by atoms with Crippen LogP contribution in [0.25, 0.3) is 0 Å². The van der Waals surface area contributed by atoms with Crippen LogP contribution in [0.1, 0.15) is 11.1 Å². The van der Waals surface area contributed by atoms with Gasteiger partial charge in [-0.25, -0.2) is 0 Å². The van der Waals surface area contributed by atoms with Crippen LogP contribution in [0.4, 0.5) is 0 Å². The molecule has 0 aromatic heterocycles. The molecule has 0 saturated heterocycles. The molecule has 70 valence electrons. The molecule has 13 heavy (non-hydrogen) atoms. The lowest BCUT2D eigenvalue weighted by atomic mass is 10.1. The number of rotatable bonds is 5. The molecule has 1 rings (SSSR count). The lowest BCUT2D eigenvalue weighted by Crippen LogP contribution is -2.15. The maximum absolute atomic E-state index is 9.99. The van der Waals surface area contributed by atoms with Gasteiger partial charge in [0.2, 0.25) is 6.41 Å². The molecule has 0 fully saturated rings. The smallest absolute Gasteiger partial charge is 0.207 e. The standard InChI is InChI=1S/C10H13NO2/c12-7-10-4-2-1-3-9(10)5-6-11-8-13/h1-4,8,12H,5-7H2,(H,11,13). The van der Waals surface area contributed by atoms with Gasteiger partial charge < -0.3 is 10.4 Å². The average Bonchev–Trinajstić information content (AvgIpc) is 2.19. The molecule has 1 amide bonds. The van der Waals surface area contributed by atoms with Gasteiger partial charge in [-0.1, -0.05) is 24.3 Å². The summed E-state index contributed by atoms with van der Waals surface area (Å²) < 4.78 is 0. The zero-order chi connectivity index (χ0) is 9.52. The Morgan fingerprint density at radius 1 is 1.31 bits per heavy atom. The van der Waals surface area contributed by atoms with Crippen molar-refractivity contribution in [2.24, 2.45) is 0 Å². The topological polar surface area (TPSA) is 49.3 Å². The fraction of sp³-hybridized carbons (Fsp3) is 0.300. The Labute approximate surface area is 77.4 Å². The highest BCUT2D eigenvalue weighted by Crippen LogP contribution is 2.08. The second-order valence-electron chi connectivity index (χ2n) is 2.75. The lowest BCUT2D eigenvalue weighted by molar-refractivity contribution is -0.109. The van der Waals surface area contributed by atoms with Crippen LogP contribution in [0.5, 0.6) is 0 Å². The molecule has 3 heteroatoms. The number of hydrogen-bond donors (Lipinski definition) is 2. The summed E-state index contributed by atoms with van der Waals surface area (Å²) in [5.74, 6) is 0. The van der Waals surface area contributed by atoms with E-state index in [2.05, 4.69) is 5.32 Å². The SMILES string of the molecule is O=CNCCc1ccccc1CO. The molecular formula is C10H13NO2. The molecule has 3 nitrogen and oxygen atoms in total. The van der Waals surface area contributed by atoms with Gasteiger partial charge >= 0.3 is 0 Å². The number of aliphatic hydroxyl groups is 1. The van der Waals surface area contributed by atoms with Crippen LogP contribution in [0.3, 0.4) is 0 Å². The number of aliphatic hydroxyl groups excluding tert-OH is 1. The summed E-state index contributed by atoms with van der Waals surface area (Å²) in [6.07, 6.45) is 1.44. The van der Waals surface area contributed by atoms with E-state index in [4.69, 9.17) is 5.11 Å². The quantitative estimate of drug-likeness (QED) is 0.510. The van der Waals surface area contributed by atoms with Crippen LogP contribution in [0, 0.1) is 0 Å². The van der Waals surface area contributed by atoms with Gasteiger partial charge in [0.1, 0.15) is 0 Å². The Morgan fingerprint density at radius 3 is 2.62 bits per heavy atom. The van der Waals surface area contributed by atoms with Crippen molar-refractivity contribution in [2.45, 2.75) is 13.0 Å². The van der Waals surface area contributed by atoms with Crippen LogP contribution >= 0.6 is 0 Å². The number of nitrogens with one attached hydrogen (secondary N) is 1. The lowest BCUT2D eigenvalue weighted by Gasteiger charge is -2.05. The van der Waals surface area contributed by atoms with Crippen molar-refractivity contribution in [3.63, 3.8) is 0 Å². The highest BCUT2D eigenvalue weighted by atomic mass is 16.3. The van der Waals surface area contributed by atoms with Crippen molar-refractivity contribution >= 4 is 6.41 Å². The molecule has 1 aromatic rings. The van der Waals surface area contributed by atoms with E-state index in [0.717, 1.165) is 17.5 Å². The van der Waals surface area contributed by atoms with E-state index in [0.29, 0.717) is 13.0 Å². The zero-order valence-electron chi connectivity index (χ0n) is 7.36. The van der Waals surface area contributed by atoms with Crippen molar-refractivity contribution in [1.82, 2.24) is 5.32 Å². The third-order valence-electron chi connectivity index (χ3n) is 1.91. The van der Waals surface area contributed by atoms with E-state index in [1.165, 1.54) is 0 Å². The minimum absolute atomic E-state index is 0.0528. The Morgan fingerprint density at radius 2 is 2.00 bits per heavy atom. The maximum Gasteiger partial charge on any atom is 0.207 e. The second kappa shape index (κ2) is 5.32. The number of carbonyl (C=O) groups excluding carboxylic acids is 1. The number of hydrogen-bond acceptors (Lipinski definition) is 2. The Hall–Kier alpha value is -1.35. The van der Waals surface area contributed by atoms with Gasteiger partial charge in [0.05, 0.1) is 6.61 Å². The minimum Gasteiger partial charge on any atom is -0.392 e. The summed E-state index contributed by atoms with van der Waals surface area (Å²) >= 11 is 0. The molecule has 0 radical (unpaired) electrons. The van der Waals surface area contributed by atoms with Crippen LogP contribution < -0.4 is 5.32 Å². The molecule has 1 aromatic carbocycles. The molecule has 0 saturated carbocycles. The van der Waals surface area contributed by atoms with Gasteiger partial charge in [-0.2, -0.15) is 0 Å². The molecule has 0 aliphatic heterocycles. The third-order valence-corrected chi connectivity index (χ3v) is 1.91. The molecule has 0 bridgehead atoms. The minimum atomic E-state index is 0.0528. The average molecular weight is 179 g/mol. The fourth-order valence-electron chi connectivity index (χ4n) is 1.22. The van der Waals surface area contributed by atoms with Gasteiger partial charge in [-0.05, 0) is 17.5 Å². The number of benzene rings is 1. The molecule has 0 heterocycles. The fourth-order valence-corrected chi connectivity index (χ4v) is 1.22. The van der Waals surface area contributed by atoms with Gasteiger partial charge in [0.25, 0.3) is 0 Å². The van der Waals surface area contributed by atoms with Crippen LogP contribution in [-0.4, -0.2) is 18.1 Å². The van der Waals surface area contributed by atoms with Crippen molar-refractivity contribution < 1.29 is 9.90 Å². The maximum atomic E-state index is 9.99. The molecule has 0 aliphatic rings. The van der Waals surface area contributed by atoms with Crippen molar-refractivity contribution in [1.29, 1.82) is 0 Å². The van der Waals surface area contributed by atoms with E-state index in [1.54, 1.807) is 0 Å². The summed E-state index contributed by atoms with van der Waals surface area (Å²) in [7, 11) is 0. The van der Waals surface area contributed by atoms with Crippen molar-refractivity contribution in [2.75, 3.05) is 6.54 Å². The van der Waals surface area contributed by atoms with Crippen LogP contribution in [0.2, 0.25) is 0 Å². The normalized spacial score (nSPS) is 9.62.